The molecular weight excluding hydrogens is 325 g/mol. The zero-order valence-corrected chi connectivity index (χ0v) is 14.4. The first-order valence-electron chi connectivity index (χ1n) is 8.05. The third-order valence-corrected chi connectivity index (χ3v) is 4.25. The first kappa shape index (κ1) is 18.6. The van der Waals surface area contributed by atoms with Gasteiger partial charge in [0.25, 0.3) is 5.91 Å². The highest BCUT2D eigenvalue weighted by atomic mass is 19.1. The van der Waals surface area contributed by atoms with E-state index in [9.17, 15) is 18.8 Å². The number of anilines is 1. The molecule has 0 spiro atoms. The van der Waals surface area contributed by atoms with Gasteiger partial charge in [-0.3, -0.25) is 14.4 Å². The minimum Gasteiger partial charge on any atom is -0.352 e. The standard InChI is InChI=1S/C18H22FN3O3/c1-4-15(23)20-10-9-16(24)22-12-11-21(17(25)18(22,2)3)14-7-5-13(19)6-8-14/h4-8H,1,9-12H2,2-3H3,(H,20,23). The minimum absolute atomic E-state index is 0.104. The van der Waals surface area contributed by atoms with E-state index in [1.807, 2.05) is 0 Å². The lowest BCUT2D eigenvalue weighted by atomic mass is 9.96. The van der Waals surface area contributed by atoms with E-state index in [1.165, 1.54) is 17.0 Å². The Balaban J connectivity index is 2.06. The van der Waals surface area contributed by atoms with Gasteiger partial charge in [-0.2, -0.15) is 0 Å². The molecule has 1 saturated heterocycles. The topological polar surface area (TPSA) is 69.7 Å². The van der Waals surface area contributed by atoms with E-state index < -0.39 is 5.54 Å². The summed E-state index contributed by atoms with van der Waals surface area (Å²) in [5, 5.41) is 2.55. The van der Waals surface area contributed by atoms with Crippen molar-refractivity contribution in [1.29, 1.82) is 0 Å². The summed E-state index contributed by atoms with van der Waals surface area (Å²) in [6.45, 7) is 7.60. The average molecular weight is 347 g/mol. The Kier molecular flexibility index (Phi) is 5.56. The van der Waals surface area contributed by atoms with Gasteiger partial charge in [-0.15, -0.1) is 0 Å². The number of halogens is 1. The van der Waals surface area contributed by atoms with Gasteiger partial charge in [-0.25, -0.2) is 4.39 Å². The van der Waals surface area contributed by atoms with Crippen molar-refractivity contribution in [2.24, 2.45) is 0 Å². The van der Waals surface area contributed by atoms with Crippen molar-refractivity contribution in [1.82, 2.24) is 10.2 Å². The van der Waals surface area contributed by atoms with Crippen molar-refractivity contribution < 1.29 is 18.8 Å². The predicted octanol–water partition coefficient (Wildman–Crippen LogP) is 1.47. The summed E-state index contributed by atoms with van der Waals surface area (Å²) < 4.78 is 13.1. The fourth-order valence-electron chi connectivity index (χ4n) is 2.83. The lowest BCUT2D eigenvalue weighted by Gasteiger charge is -2.46. The summed E-state index contributed by atoms with van der Waals surface area (Å²) in [6.07, 6.45) is 1.24. The molecule has 1 heterocycles. The van der Waals surface area contributed by atoms with Crippen LogP contribution in [0.1, 0.15) is 20.3 Å². The van der Waals surface area contributed by atoms with Gasteiger partial charge < -0.3 is 15.1 Å². The SMILES string of the molecule is C=CC(=O)NCCC(=O)N1CCN(c2ccc(F)cc2)C(=O)C1(C)C. The molecule has 1 aromatic carbocycles. The summed E-state index contributed by atoms with van der Waals surface area (Å²) in [6, 6.07) is 5.70. The molecule has 0 bridgehead atoms. The Bertz CT molecular complexity index is 685. The molecule has 0 unspecified atom stereocenters. The zero-order valence-electron chi connectivity index (χ0n) is 14.4. The van der Waals surface area contributed by atoms with Crippen LogP contribution in [0.3, 0.4) is 0 Å². The van der Waals surface area contributed by atoms with Gasteiger partial charge in [0, 0.05) is 31.7 Å². The predicted molar refractivity (Wildman–Crippen MR) is 92.4 cm³/mol. The summed E-state index contributed by atoms with van der Waals surface area (Å²) in [5.41, 5.74) is -0.420. The van der Waals surface area contributed by atoms with Crippen molar-refractivity contribution in [3.05, 3.63) is 42.7 Å². The zero-order chi connectivity index (χ0) is 18.6. The second-order valence-corrected chi connectivity index (χ2v) is 6.28. The molecule has 134 valence electrons. The molecule has 1 aromatic rings. The van der Waals surface area contributed by atoms with Crippen molar-refractivity contribution in [3.63, 3.8) is 0 Å². The number of hydrogen-bond acceptors (Lipinski definition) is 3. The number of rotatable bonds is 5. The molecule has 3 amide bonds. The van der Waals surface area contributed by atoms with Crippen LogP contribution in [0, 0.1) is 5.82 Å². The van der Waals surface area contributed by atoms with E-state index in [0.717, 1.165) is 6.08 Å². The fourth-order valence-corrected chi connectivity index (χ4v) is 2.83. The first-order valence-corrected chi connectivity index (χ1v) is 8.05. The summed E-state index contributed by atoms with van der Waals surface area (Å²) in [5.74, 6) is -1.15. The lowest BCUT2D eigenvalue weighted by Crippen LogP contribution is -2.65. The maximum atomic E-state index is 13.1. The fraction of sp³-hybridized carbons (Fsp3) is 0.389. The van der Waals surface area contributed by atoms with E-state index in [-0.39, 0.29) is 36.5 Å². The highest BCUT2D eigenvalue weighted by Crippen LogP contribution is 2.27. The van der Waals surface area contributed by atoms with Gasteiger partial charge in [0.05, 0.1) is 0 Å². The number of carbonyl (C=O) groups excluding carboxylic acids is 3. The van der Waals surface area contributed by atoms with E-state index in [2.05, 4.69) is 11.9 Å². The number of piperazine rings is 1. The Morgan fingerprint density at radius 2 is 1.92 bits per heavy atom. The molecule has 0 atom stereocenters. The average Bonchev–Trinajstić information content (AvgIpc) is 2.57. The normalized spacial score (nSPS) is 16.5. The molecule has 25 heavy (non-hydrogen) atoms. The van der Waals surface area contributed by atoms with E-state index in [4.69, 9.17) is 0 Å². The molecule has 6 nitrogen and oxygen atoms in total. The molecule has 1 N–H and O–H groups in total. The van der Waals surface area contributed by atoms with E-state index >= 15 is 0 Å². The quantitative estimate of drug-likeness (QED) is 0.820. The summed E-state index contributed by atoms with van der Waals surface area (Å²) in [7, 11) is 0. The van der Waals surface area contributed by atoms with Gasteiger partial charge >= 0.3 is 0 Å². The molecule has 1 aliphatic heterocycles. The molecule has 0 aliphatic carbocycles. The molecule has 1 aliphatic rings. The van der Waals surface area contributed by atoms with Crippen molar-refractivity contribution in [3.8, 4) is 0 Å². The number of nitrogens with one attached hydrogen (secondary N) is 1. The molecule has 0 aromatic heterocycles. The van der Waals surface area contributed by atoms with E-state index in [0.29, 0.717) is 18.8 Å². The molecular formula is C18H22FN3O3. The van der Waals surface area contributed by atoms with Gasteiger partial charge in [-0.05, 0) is 44.2 Å². The summed E-state index contributed by atoms with van der Waals surface area (Å²) in [4.78, 5) is 39.5. The monoisotopic (exact) mass is 347 g/mol. The third-order valence-electron chi connectivity index (χ3n) is 4.25. The molecule has 0 radical (unpaired) electrons. The Morgan fingerprint density at radius 3 is 2.52 bits per heavy atom. The van der Waals surface area contributed by atoms with E-state index in [1.54, 1.807) is 30.9 Å². The largest absolute Gasteiger partial charge is 0.352 e. The number of carbonyl (C=O) groups is 3. The van der Waals surface area contributed by atoms with Crippen LogP contribution in [0.25, 0.3) is 0 Å². The van der Waals surface area contributed by atoms with Crippen LogP contribution >= 0.6 is 0 Å². The van der Waals surface area contributed by atoms with Crippen LogP contribution in [0.5, 0.6) is 0 Å². The van der Waals surface area contributed by atoms with Gasteiger partial charge in [-0.1, -0.05) is 6.58 Å². The van der Waals surface area contributed by atoms with Crippen LogP contribution in [0.15, 0.2) is 36.9 Å². The first-order chi connectivity index (χ1) is 11.8. The highest BCUT2D eigenvalue weighted by molar-refractivity contribution is 6.03. The van der Waals surface area contributed by atoms with Crippen molar-refractivity contribution in [2.75, 3.05) is 24.5 Å². The molecule has 2 rings (SSSR count). The molecule has 1 fully saturated rings. The minimum atomic E-state index is -1.02. The highest BCUT2D eigenvalue weighted by Gasteiger charge is 2.44. The lowest BCUT2D eigenvalue weighted by molar-refractivity contribution is -0.147. The van der Waals surface area contributed by atoms with Crippen LogP contribution in [0.4, 0.5) is 10.1 Å². The Morgan fingerprint density at radius 1 is 1.28 bits per heavy atom. The Labute approximate surface area is 146 Å². The smallest absolute Gasteiger partial charge is 0.252 e. The van der Waals surface area contributed by atoms with Crippen LogP contribution < -0.4 is 10.2 Å². The second kappa shape index (κ2) is 7.46. The Hall–Kier alpha value is -2.70. The van der Waals surface area contributed by atoms with Gasteiger partial charge in [0.2, 0.25) is 11.8 Å². The maximum Gasteiger partial charge on any atom is 0.252 e. The van der Waals surface area contributed by atoms with Gasteiger partial charge in [0.1, 0.15) is 11.4 Å². The number of hydrogen-bond donors (Lipinski definition) is 1. The second-order valence-electron chi connectivity index (χ2n) is 6.28. The van der Waals surface area contributed by atoms with Crippen LogP contribution in [0.2, 0.25) is 0 Å². The number of benzene rings is 1. The van der Waals surface area contributed by atoms with Crippen molar-refractivity contribution >= 4 is 23.4 Å². The summed E-state index contributed by atoms with van der Waals surface area (Å²) >= 11 is 0. The van der Waals surface area contributed by atoms with Crippen LogP contribution in [-0.2, 0) is 14.4 Å². The van der Waals surface area contributed by atoms with Gasteiger partial charge in [0.15, 0.2) is 0 Å². The molecule has 7 heteroatoms. The van der Waals surface area contributed by atoms with Crippen LogP contribution in [-0.4, -0.2) is 47.8 Å². The number of nitrogens with zero attached hydrogens (tertiary/aromatic N) is 2. The number of amides is 3. The third kappa shape index (κ3) is 4.04. The molecule has 0 saturated carbocycles. The maximum absolute atomic E-state index is 13.1. The van der Waals surface area contributed by atoms with Crippen molar-refractivity contribution in [2.45, 2.75) is 25.8 Å².